The maximum Gasteiger partial charge on any atom is 0.239 e. The molecule has 0 bridgehead atoms. The van der Waals surface area contributed by atoms with E-state index in [0.29, 0.717) is 5.82 Å². The van der Waals surface area contributed by atoms with Crippen LogP contribution in [0.15, 0.2) is 30.5 Å². The van der Waals surface area contributed by atoms with Crippen LogP contribution in [0.4, 0.5) is 21.8 Å². The van der Waals surface area contributed by atoms with Crippen molar-refractivity contribution >= 4 is 29.1 Å². The number of hydrogen-bond acceptors (Lipinski definition) is 5. The predicted molar refractivity (Wildman–Crippen MR) is 64.5 cm³/mol. The molecule has 17 heavy (non-hydrogen) atoms. The summed E-state index contributed by atoms with van der Waals surface area (Å²) in [5.74, 6) is 5.28. The molecule has 0 spiro atoms. The van der Waals surface area contributed by atoms with Gasteiger partial charge in [-0.3, -0.25) is 5.43 Å². The third kappa shape index (κ3) is 2.61. The number of nitrogen functional groups attached to an aromatic ring is 1. The summed E-state index contributed by atoms with van der Waals surface area (Å²) in [6.45, 7) is 0. The van der Waals surface area contributed by atoms with Crippen molar-refractivity contribution in [1.82, 2.24) is 9.97 Å². The highest BCUT2D eigenvalue weighted by molar-refractivity contribution is 6.31. The van der Waals surface area contributed by atoms with Crippen LogP contribution in [-0.2, 0) is 0 Å². The average Bonchev–Trinajstić information content (AvgIpc) is 2.35. The van der Waals surface area contributed by atoms with Gasteiger partial charge < -0.3 is 5.32 Å². The van der Waals surface area contributed by atoms with Gasteiger partial charge in [-0.1, -0.05) is 17.7 Å². The minimum absolute atomic E-state index is 0.0428. The van der Waals surface area contributed by atoms with Crippen LogP contribution in [0.5, 0.6) is 0 Å². The number of hydrogen-bond donors (Lipinski definition) is 3. The number of hydrazine groups is 1. The zero-order valence-corrected chi connectivity index (χ0v) is 9.37. The molecule has 2 rings (SSSR count). The number of rotatable bonds is 3. The molecule has 7 heteroatoms. The van der Waals surface area contributed by atoms with E-state index in [4.69, 9.17) is 17.4 Å². The molecule has 0 saturated carbocycles. The second-order valence-corrected chi connectivity index (χ2v) is 3.54. The van der Waals surface area contributed by atoms with Crippen LogP contribution in [0, 0.1) is 5.82 Å². The first-order valence-corrected chi connectivity index (χ1v) is 5.09. The van der Waals surface area contributed by atoms with E-state index in [1.165, 1.54) is 12.3 Å². The van der Waals surface area contributed by atoms with E-state index < -0.39 is 5.82 Å². The topological polar surface area (TPSA) is 75.9 Å². The first-order valence-electron chi connectivity index (χ1n) is 4.71. The van der Waals surface area contributed by atoms with Gasteiger partial charge >= 0.3 is 0 Å². The highest BCUT2D eigenvalue weighted by Gasteiger charge is 2.07. The van der Waals surface area contributed by atoms with Crippen molar-refractivity contribution in [3.63, 3.8) is 0 Å². The second-order valence-electron chi connectivity index (χ2n) is 3.14. The normalized spacial score (nSPS) is 10.1. The maximum atomic E-state index is 13.6. The number of nitrogens with two attached hydrogens (primary N) is 1. The summed E-state index contributed by atoms with van der Waals surface area (Å²) in [7, 11) is 0. The summed E-state index contributed by atoms with van der Waals surface area (Å²) in [5, 5.41) is 2.82. The highest BCUT2D eigenvalue weighted by Crippen LogP contribution is 2.24. The van der Waals surface area contributed by atoms with E-state index in [9.17, 15) is 4.39 Å². The summed E-state index contributed by atoms with van der Waals surface area (Å²) >= 11 is 5.66. The van der Waals surface area contributed by atoms with Crippen molar-refractivity contribution in [3.05, 3.63) is 41.3 Å². The van der Waals surface area contributed by atoms with Crippen molar-refractivity contribution in [3.8, 4) is 0 Å². The van der Waals surface area contributed by atoms with Crippen molar-refractivity contribution in [2.45, 2.75) is 0 Å². The lowest BCUT2D eigenvalue weighted by molar-refractivity contribution is 0.632. The molecule has 0 aliphatic carbocycles. The predicted octanol–water partition coefficient (Wildman–Crippen LogP) is 2.30. The van der Waals surface area contributed by atoms with Crippen LogP contribution in [0.3, 0.4) is 0 Å². The van der Waals surface area contributed by atoms with Crippen molar-refractivity contribution in [1.29, 1.82) is 0 Å². The lowest BCUT2D eigenvalue weighted by Gasteiger charge is -2.08. The minimum atomic E-state index is -0.532. The smallest absolute Gasteiger partial charge is 0.239 e. The average molecular weight is 254 g/mol. The van der Waals surface area contributed by atoms with Gasteiger partial charge in [0.2, 0.25) is 5.95 Å². The van der Waals surface area contributed by atoms with E-state index in [1.54, 1.807) is 18.2 Å². The largest absolute Gasteiger partial charge is 0.338 e. The standard InChI is InChI=1S/C10H9ClFN5/c11-6-2-1-3-7(9(6)12)15-8-4-5-14-10(16-8)17-13/h1-5H,13H2,(H2,14,15,16,17). The Bertz CT molecular complexity index is 534. The van der Waals surface area contributed by atoms with E-state index >= 15 is 0 Å². The molecule has 0 unspecified atom stereocenters. The molecule has 0 aliphatic heterocycles. The Labute approximate surface area is 102 Å². The van der Waals surface area contributed by atoms with Gasteiger partial charge in [-0.15, -0.1) is 0 Å². The molecule has 2 aromatic rings. The molecule has 1 aromatic carbocycles. The molecule has 1 heterocycles. The molecule has 0 saturated heterocycles. The SMILES string of the molecule is NNc1nccc(Nc2cccc(Cl)c2F)n1. The van der Waals surface area contributed by atoms with Crippen LogP contribution in [-0.4, -0.2) is 9.97 Å². The Kier molecular flexibility index (Phi) is 3.36. The van der Waals surface area contributed by atoms with Crippen LogP contribution in [0.2, 0.25) is 5.02 Å². The summed E-state index contributed by atoms with van der Waals surface area (Å²) in [6, 6.07) is 6.24. The van der Waals surface area contributed by atoms with Crippen molar-refractivity contribution in [2.75, 3.05) is 10.7 Å². The maximum absolute atomic E-state index is 13.6. The summed E-state index contributed by atoms with van der Waals surface area (Å²) in [4.78, 5) is 7.82. The van der Waals surface area contributed by atoms with Crippen LogP contribution in [0.1, 0.15) is 0 Å². The summed E-state index contributed by atoms with van der Waals surface area (Å²) in [6.07, 6.45) is 1.49. The molecule has 0 amide bonds. The molecule has 0 fully saturated rings. The van der Waals surface area contributed by atoms with Crippen molar-refractivity contribution in [2.24, 2.45) is 5.84 Å². The fourth-order valence-corrected chi connectivity index (χ4v) is 1.41. The van der Waals surface area contributed by atoms with Gasteiger partial charge in [0, 0.05) is 6.20 Å². The molecule has 0 radical (unpaired) electrons. The molecular weight excluding hydrogens is 245 g/mol. The Morgan fingerprint density at radius 1 is 1.29 bits per heavy atom. The van der Waals surface area contributed by atoms with E-state index in [0.717, 1.165) is 0 Å². The van der Waals surface area contributed by atoms with Gasteiger partial charge in [0.15, 0.2) is 5.82 Å². The van der Waals surface area contributed by atoms with Gasteiger partial charge in [0.25, 0.3) is 0 Å². The fraction of sp³-hybridized carbons (Fsp3) is 0. The molecule has 4 N–H and O–H groups in total. The van der Waals surface area contributed by atoms with Crippen molar-refractivity contribution < 1.29 is 4.39 Å². The van der Waals surface area contributed by atoms with Gasteiger partial charge in [-0.25, -0.2) is 15.2 Å². The summed E-state index contributed by atoms with van der Waals surface area (Å²) < 4.78 is 13.6. The van der Waals surface area contributed by atoms with Gasteiger partial charge in [0.05, 0.1) is 10.7 Å². The number of anilines is 3. The third-order valence-corrected chi connectivity index (χ3v) is 2.29. The first-order chi connectivity index (χ1) is 8.20. The number of nitrogens with zero attached hydrogens (tertiary/aromatic N) is 2. The number of benzene rings is 1. The quantitative estimate of drug-likeness (QED) is 0.578. The zero-order chi connectivity index (χ0) is 12.3. The molecule has 5 nitrogen and oxygen atoms in total. The Balaban J connectivity index is 2.28. The van der Waals surface area contributed by atoms with E-state index in [2.05, 4.69) is 20.7 Å². The first kappa shape index (κ1) is 11.6. The lowest BCUT2D eigenvalue weighted by Crippen LogP contribution is -2.11. The fourth-order valence-electron chi connectivity index (χ4n) is 1.24. The molecule has 0 aliphatic rings. The number of aromatic nitrogens is 2. The Hall–Kier alpha value is -1.92. The molecule has 1 aromatic heterocycles. The van der Waals surface area contributed by atoms with Crippen LogP contribution in [0.25, 0.3) is 0 Å². The Morgan fingerprint density at radius 2 is 2.12 bits per heavy atom. The Morgan fingerprint density at radius 3 is 2.88 bits per heavy atom. The monoisotopic (exact) mass is 253 g/mol. The van der Waals surface area contributed by atoms with Gasteiger partial charge in [-0.2, -0.15) is 4.98 Å². The highest BCUT2D eigenvalue weighted by atomic mass is 35.5. The minimum Gasteiger partial charge on any atom is -0.338 e. The number of halogens is 2. The van der Waals surface area contributed by atoms with Gasteiger partial charge in [0.1, 0.15) is 5.82 Å². The van der Waals surface area contributed by atoms with Crippen LogP contribution < -0.4 is 16.6 Å². The van der Waals surface area contributed by atoms with E-state index in [-0.39, 0.29) is 16.7 Å². The number of nitrogens with one attached hydrogen (secondary N) is 2. The van der Waals surface area contributed by atoms with E-state index in [1.807, 2.05) is 0 Å². The molecule has 0 atom stereocenters. The lowest BCUT2D eigenvalue weighted by atomic mass is 10.3. The van der Waals surface area contributed by atoms with Gasteiger partial charge in [-0.05, 0) is 18.2 Å². The summed E-state index contributed by atoms with van der Waals surface area (Å²) in [5.41, 5.74) is 2.53. The second kappa shape index (κ2) is 4.94. The zero-order valence-electron chi connectivity index (χ0n) is 8.61. The third-order valence-electron chi connectivity index (χ3n) is 2.00. The molecule has 88 valence electrons. The molecular formula is C10H9ClFN5. The van der Waals surface area contributed by atoms with Crippen LogP contribution >= 0.6 is 11.6 Å².